The van der Waals surface area contributed by atoms with Gasteiger partial charge in [-0.2, -0.15) is 0 Å². The Morgan fingerprint density at radius 1 is 0.357 bits per heavy atom. The predicted molar refractivity (Wildman–Crippen MR) is 341 cm³/mol. The summed E-state index contributed by atoms with van der Waals surface area (Å²) in [6, 6.07) is 26.0. The van der Waals surface area contributed by atoms with Crippen molar-refractivity contribution in [2.24, 2.45) is 0 Å². The van der Waals surface area contributed by atoms with Gasteiger partial charge in [-0.25, -0.2) is 19.2 Å². The molecular formula is C70H78O28. The van der Waals surface area contributed by atoms with Gasteiger partial charge in [0, 0.05) is 36.5 Å². The lowest BCUT2D eigenvalue weighted by molar-refractivity contribution is -0.388. The average Bonchev–Trinajstić information content (AvgIpc) is 0.744. The number of rotatable bonds is 25. The molecule has 0 bridgehead atoms. The molecule has 10 rings (SSSR count). The van der Waals surface area contributed by atoms with E-state index in [2.05, 4.69) is 0 Å². The number of fused-ring (bicyclic) bond motifs is 2. The highest BCUT2D eigenvalue weighted by molar-refractivity contribution is 6.09. The van der Waals surface area contributed by atoms with Gasteiger partial charge in [-0.05, 0) is 50.2 Å². The van der Waals surface area contributed by atoms with Crippen LogP contribution in [-0.4, -0.2) is 198 Å². The number of esters is 4. The molecule has 28 nitrogen and oxygen atoms in total. The smallest absolute Gasteiger partial charge is 0.339 e. The van der Waals surface area contributed by atoms with E-state index in [1.807, 2.05) is 12.1 Å². The van der Waals surface area contributed by atoms with Gasteiger partial charge in [0.15, 0.2) is 94.6 Å². The van der Waals surface area contributed by atoms with Crippen LogP contribution in [0.15, 0.2) is 97.1 Å². The van der Waals surface area contributed by atoms with E-state index in [0.717, 1.165) is 0 Å². The van der Waals surface area contributed by atoms with Gasteiger partial charge in [0.1, 0.15) is 24.4 Å². The van der Waals surface area contributed by atoms with E-state index in [0.29, 0.717) is 11.1 Å². The molecule has 0 radical (unpaired) electrons. The predicted octanol–water partition coefficient (Wildman–Crippen LogP) is 8.28. The molecule has 526 valence electrons. The van der Waals surface area contributed by atoms with E-state index in [9.17, 15) is 9.59 Å². The normalized spacial score (nSPS) is 24.7. The van der Waals surface area contributed by atoms with Crippen molar-refractivity contribution < 1.29 is 133 Å². The summed E-state index contributed by atoms with van der Waals surface area (Å²) < 4.78 is 147. The zero-order valence-electron chi connectivity index (χ0n) is 56.9. The molecule has 4 aliphatic heterocycles. The van der Waals surface area contributed by atoms with Crippen LogP contribution < -0.4 is 56.8 Å². The summed E-state index contributed by atoms with van der Waals surface area (Å²) in [6.45, 7) is 3.10. The second-order valence-electron chi connectivity index (χ2n) is 22.4. The highest BCUT2D eigenvalue weighted by Crippen LogP contribution is 2.55. The van der Waals surface area contributed by atoms with E-state index in [1.165, 1.54) is 136 Å². The van der Waals surface area contributed by atoms with Crippen LogP contribution in [-0.2, 0) is 68.4 Å². The molecule has 4 saturated heterocycles. The maximum absolute atomic E-state index is 16.1. The highest BCUT2D eigenvalue weighted by atomic mass is 16.8. The summed E-state index contributed by atoms with van der Waals surface area (Å²) in [6.07, 6.45) is -14.3. The minimum absolute atomic E-state index is 0.0724. The van der Waals surface area contributed by atoms with Crippen molar-refractivity contribution in [3.63, 3.8) is 0 Å². The van der Waals surface area contributed by atoms with Crippen LogP contribution >= 0.6 is 0 Å². The Balaban J connectivity index is 1.13. The molecule has 4 aliphatic rings. The lowest BCUT2D eigenvalue weighted by Gasteiger charge is -2.50. The Morgan fingerprint density at radius 2 is 0.653 bits per heavy atom. The molecule has 4 fully saturated rings. The average molecular weight is 1370 g/mol. The minimum Gasteiger partial charge on any atom is -0.493 e. The molecular weight excluding hydrogens is 1290 g/mol. The topological polar surface area (TPSA) is 290 Å². The standard InChI is InChI=1S/C70H78O28/c1-69(37-23-19-17-20-24-37)89-33-47-55(97-69)59(93-63(71)35-27-41(75-3)51(81-9)42(28-35)76-4)61(67(87-15)91-47)95-65(73)39-31-45(79-7)53(83-11)57(85-13)49(39)50-40(32-46(80-8)54(84-12)58(50)86-14)66(74)96-62-60(94-64(72)36-29-43(77-5)52(82-10)44(30-36)78-6)56-48(92-68(62)88-16)34-90-70(2,98-56)38-25-21-18-22-26-38/h17-32,47-48,55-56,59-62,67-68H,33-34H2,1-16H3/t47-,48-,55-,56-,59+,60+,61-,62-,67+,68+,69?,70?/m1/s1. The van der Waals surface area contributed by atoms with Crippen molar-refractivity contribution in [2.45, 2.75) is 86.8 Å². The van der Waals surface area contributed by atoms with Crippen molar-refractivity contribution in [2.75, 3.05) is 113 Å². The molecule has 6 aromatic rings. The summed E-state index contributed by atoms with van der Waals surface area (Å²) in [5, 5.41) is 0. The summed E-state index contributed by atoms with van der Waals surface area (Å²) in [5.74, 6) is -7.33. The second kappa shape index (κ2) is 30.5. The first kappa shape index (κ1) is 71.3. The number of carbonyl (C=O) groups excluding carboxylic acids is 4. The minimum atomic E-state index is -1.72. The quantitative estimate of drug-likeness (QED) is 0.0384. The first-order valence-electron chi connectivity index (χ1n) is 30.5. The van der Waals surface area contributed by atoms with E-state index in [-0.39, 0.29) is 104 Å². The van der Waals surface area contributed by atoms with Crippen LogP contribution in [0.5, 0.6) is 69.0 Å². The third-order valence-corrected chi connectivity index (χ3v) is 17.1. The van der Waals surface area contributed by atoms with Crippen molar-refractivity contribution in [3.05, 3.63) is 130 Å². The Kier molecular flexibility index (Phi) is 22.2. The maximum Gasteiger partial charge on any atom is 0.339 e. The van der Waals surface area contributed by atoms with Gasteiger partial charge in [0.05, 0.1) is 121 Å². The summed E-state index contributed by atoms with van der Waals surface area (Å²) in [5.41, 5.74) is -0.345. The van der Waals surface area contributed by atoms with Gasteiger partial charge >= 0.3 is 23.9 Å². The lowest BCUT2D eigenvalue weighted by Crippen LogP contribution is -2.66. The van der Waals surface area contributed by atoms with Gasteiger partial charge in [-0.1, -0.05) is 60.7 Å². The summed E-state index contributed by atoms with van der Waals surface area (Å²) >= 11 is 0. The molecule has 4 heterocycles. The fourth-order valence-corrected chi connectivity index (χ4v) is 12.3. The van der Waals surface area contributed by atoms with Gasteiger partial charge in [-0.15, -0.1) is 0 Å². The Morgan fingerprint density at radius 3 is 0.939 bits per heavy atom. The van der Waals surface area contributed by atoms with Gasteiger partial charge < -0.3 is 114 Å². The zero-order valence-corrected chi connectivity index (χ0v) is 56.9. The van der Waals surface area contributed by atoms with Crippen molar-refractivity contribution >= 4 is 23.9 Å². The Bertz CT molecular complexity index is 3550. The van der Waals surface area contributed by atoms with Gasteiger partial charge in [0.2, 0.25) is 23.0 Å². The largest absolute Gasteiger partial charge is 0.493 e. The summed E-state index contributed by atoms with van der Waals surface area (Å²) in [7, 11) is 18.7. The maximum atomic E-state index is 16.1. The fraction of sp³-hybridized carbons (Fsp3) is 0.429. The first-order chi connectivity index (χ1) is 47.3. The number of hydrogen-bond donors (Lipinski definition) is 0. The lowest BCUT2D eigenvalue weighted by atomic mass is 9.91. The van der Waals surface area contributed by atoms with Crippen LogP contribution in [0.3, 0.4) is 0 Å². The zero-order chi connectivity index (χ0) is 70.3. The molecule has 0 aromatic heterocycles. The monoisotopic (exact) mass is 1370 g/mol. The van der Waals surface area contributed by atoms with Crippen LogP contribution in [0.1, 0.15) is 66.4 Å². The number of ether oxygens (including phenoxy) is 24. The van der Waals surface area contributed by atoms with E-state index in [4.69, 9.17) is 114 Å². The number of methoxy groups -OCH3 is 14. The third kappa shape index (κ3) is 13.5. The van der Waals surface area contributed by atoms with Crippen LogP contribution in [0.4, 0.5) is 0 Å². The molecule has 0 amide bonds. The molecule has 6 aromatic carbocycles. The van der Waals surface area contributed by atoms with Crippen LogP contribution in [0.2, 0.25) is 0 Å². The summed E-state index contributed by atoms with van der Waals surface area (Å²) in [4.78, 5) is 62.0. The Hall–Kier alpha value is -9.52. The fourth-order valence-electron chi connectivity index (χ4n) is 12.3. The molecule has 28 heteroatoms. The molecule has 0 spiro atoms. The number of benzene rings is 6. The molecule has 12 atom stereocenters. The van der Waals surface area contributed by atoms with E-state index < -0.39 is 108 Å². The van der Waals surface area contributed by atoms with E-state index in [1.54, 1.807) is 62.4 Å². The Labute approximate surface area is 564 Å². The number of hydrogen-bond acceptors (Lipinski definition) is 28. The molecule has 0 aliphatic carbocycles. The van der Waals surface area contributed by atoms with Gasteiger partial charge in [0.25, 0.3) is 0 Å². The number of carbonyl (C=O) groups is 4. The van der Waals surface area contributed by atoms with E-state index >= 15 is 9.59 Å². The van der Waals surface area contributed by atoms with Crippen molar-refractivity contribution in [1.82, 2.24) is 0 Å². The highest BCUT2D eigenvalue weighted by Gasteiger charge is 2.59. The molecule has 0 saturated carbocycles. The second-order valence-corrected chi connectivity index (χ2v) is 22.4. The van der Waals surface area contributed by atoms with Crippen LogP contribution in [0.25, 0.3) is 11.1 Å². The third-order valence-electron chi connectivity index (χ3n) is 17.1. The molecule has 98 heavy (non-hydrogen) atoms. The molecule has 2 unspecified atom stereocenters. The SMILES string of the molecule is COc1cc(C(=O)O[C@@H]2[C@@H](OC(=O)c3cc(OC)c(OC)c(OC)c3-c3c(C(=O)O[C@H]4[C@@H](OC)O[C@@H]5COC(C)(c6ccccc6)O[C@H]5[C@@H]4OC(=O)c4cc(OC)c(OC)c(OC)c4)cc(OC)c(OC)c3OC)[C@@H](OC)O[C@@H]3COC(C)(c4ccccc4)O[C@@H]23)cc(OC)c1OC. The molecule has 0 N–H and O–H groups in total. The van der Waals surface area contributed by atoms with Crippen molar-refractivity contribution in [3.8, 4) is 80.1 Å². The van der Waals surface area contributed by atoms with Crippen LogP contribution in [0, 0.1) is 0 Å². The first-order valence-corrected chi connectivity index (χ1v) is 30.5. The van der Waals surface area contributed by atoms with Crippen molar-refractivity contribution in [1.29, 1.82) is 0 Å². The van der Waals surface area contributed by atoms with Gasteiger partial charge in [-0.3, -0.25) is 0 Å².